The first kappa shape index (κ1) is 6.21. The molecule has 0 unspecified atom stereocenters. The zero-order valence-electron chi connectivity index (χ0n) is 4.76. The molecule has 0 aliphatic heterocycles. The van der Waals surface area contributed by atoms with Crippen LogP contribution in [0.15, 0.2) is 17.8 Å². The van der Waals surface area contributed by atoms with E-state index in [0.29, 0.717) is 0 Å². The average Bonchev–Trinajstić information content (AvgIpc) is 1.61. The SMILES string of the molecule is C=C/C=N\N(C)C. The second-order valence-electron chi connectivity index (χ2n) is 1.35. The molecule has 0 fully saturated rings. The van der Waals surface area contributed by atoms with E-state index < -0.39 is 0 Å². The van der Waals surface area contributed by atoms with E-state index in [1.54, 1.807) is 17.3 Å². The highest BCUT2D eigenvalue weighted by molar-refractivity contribution is 5.69. The highest BCUT2D eigenvalue weighted by Crippen LogP contribution is 1.69. The molecule has 0 N–H and O–H groups in total. The van der Waals surface area contributed by atoms with Crippen molar-refractivity contribution in [2.45, 2.75) is 0 Å². The number of hydrogen-bond donors (Lipinski definition) is 0. The molecule has 0 heterocycles. The summed E-state index contributed by atoms with van der Waals surface area (Å²) in [5.74, 6) is 0. The van der Waals surface area contributed by atoms with Crippen LogP contribution >= 0.6 is 0 Å². The van der Waals surface area contributed by atoms with Gasteiger partial charge in [0.2, 0.25) is 0 Å². The van der Waals surface area contributed by atoms with Crippen molar-refractivity contribution >= 4 is 6.21 Å². The summed E-state index contributed by atoms with van der Waals surface area (Å²) in [6, 6.07) is 0. The van der Waals surface area contributed by atoms with Crippen LogP contribution in [0.5, 0.6) is 0 Å². The maximum atomic E-state index is 3.83. The minimum absolute atomic E-state index is 1.64. The molecule has 0 aromatic rings. The van der Waals surface area contributed by atoms with Crippen molar-refractivity contribution in [1.29, 1.82) is 0 Å². The van der Waals surface area contributed by atoms with E-state index >= 15 is 0 Å². The van der Waals surface area contributed by atoms with Gasteiger partial charge in [-0.2, -0.15) is 5.10 Å². The van der Waals surface area contributed by atoms with Gasteiger partial charge in [-0.25, -0.2) is 0 Å². The number of hydrazone groups is 1. The topological polar surface area (TPSA) is 15.6 Å². The molecular weight excluding hydrogens is 88.1 g/mol. The first-order chi connectivity index (χ1) is 3.27. The number of allylic oxidation sites excluding steroid dienone is 1. The Morgan fingerprint density at radius 2 is 2.14 bits per heavy atom. The Kier molecular flexibility index (Phi) is 3.02. The Morgan fingerprint density at radius 3 is 2.29 bits per heavy atom. The maximum absolute atomic E-state index is 3.83. The molecule has 2 nitrogen and oxygen atoms in total. The number of rotatable bonds is 2. The lowest BCUT2D eigenvalue weighted by Crippen LogP contribution is -2.00. The highest BCUT2D eigenvalue weighted by atomic mass is 15.4. The summed E-state index contributed by atoms with van der Waals surface area (Å²) in [5, 5.41) is 5.54. The van der Waals surface area contributed by atoms with Crippen LogP contribution in [0.4, 0.5) is 0 Å². The summed E-state index contributed by atoms with van der Waals surface area (Å²) >= 11 is 0. The molecule has 7 heavy (non-hydrogen) atoms. The maximum Gasteiger partial charge on any atom is 0.0464 e. The number of nitrogens with zero attached hydrogens (tertiary/aromatic N) is 2. The van der Waals surface area contributed by atoms with Crippen LogP contribution in [0.25, 0.3) is 0 Å². The average molecular weight is 98.1 g/mol. The van der Waals surface area contributed by atoms with Crippen LogP contribution in [0, 0.1) is 0 Å². The fourth-order valence-electron chi connectivity index (χ4n) is 0.180. The molecule has 0 saturated heterocycles. The van der Waals surface area contributed by atoms with Gasteiger partial charge in [0.1, 0.15) is 0 Å². The van der Waals surface area contributed by atoms with Gasteiger partial charge in [-0.15, -0.1) is 0 Å². The van der Waals surface area contributed by atoms with Gasteiger partial charge in [0, 0.05) is 20.3 Å². The summed E-state index contributed by atoms with van der Waals surface area (Å²) in [6.45, 7) is 3.46. The van der Waals surface area contributed by atoms with Crippen molar-refractivity contribution in [3.8, 4) is 0 Å². The fraction of sp³-hybridized carbons (Fsp3) is 0.400. The van der Waals surface area contributed by atoms with Crippen LogP contribution in [0.3, 0.4) is 0 Å². The summed E-state index contributed by atoms with van der Waals surface area (Å²) in [7, 11) is 3.72. The highest BCUT2D eigenvalue weighted by Gasteiger charge is 1.67. The molecule has 0 atom stereocenters. The Bertz CT molecular complexity index is 74.1. The third-order valence-electron chi connectivity index (χ3n) is 0.403. The Hall–Kier alpha value is -0.790. The Balaban J connectivity index is 3.25. The second kappa shape index (κ2) is 3.40. The van der Waals surface area contributed by atoms with Crippen molar-refractivity contribution in [3.05, 3.63) is 12.7 Å². The summed E-state index contributed by atoms with van der Waals surface area (Å²) in [4.78, 5) is 0. The molecule has 0 radical (unpaired) electrons. The van der Waals surface area contributed by atoms with Gasteiger partial charge in [-0.1, -0.05) is 6.58 Å². The van der Waals surface area contributed by atoms with Crippen molar-refractivity contribution < 1.29 is 0 Å². The summed E-state index contributed by atoms with van der Waals surface area (Å²) in [6.07, 6.45) is 3.28. The molecule has 0 rings (SSSR count). The molecule has 0 amide bonds. The third kappa shape index (κ3) is 5.21. The molecule has 0 aromatic heterocycles. The standard InChI is InChI=1S/C5H10N2/c1-4-5-6-7(2)3/h4-5H,1H2,2-3H3/b6-5-. The first-order valence-corrected chi connectivity index (χ1v) is 2.09. The van der Waals surface area contributed by atoms with E-state index in [0.717, 1.165) is 0 Å². The van der Waals surface area contributed by atoms with E-state index in [9.17, 15) is 0 Å². The fourth-order valence-corrected chi connectivity index (χ4v) is 0.180. The molecule has 0 aliphatic carbocycles. The molecule has 40 valence electrons. The number of hydrogen-bond acceptors (Lipinski definition) is 2. The molecule has 0 saturated carbocycles. The third-order valence-corrected chi connectivity index (χ3v) is 0.403. The zero-order valence-corrected chi connectivity index (χ0v) is 4.76. The van der Waals surface area contributed by atoms with Gasteiger partial charge in [-0.3, -0.25) is 0 Å². The van der Waals surface area contributed by atoms with E-state index in [-0.39, 0.29) is 0 Å². The smallest absolute Gasteiger partial charge is 0.0464 e. The van der Waals surface area contributed by atoms with Gasteiger partial charge in [0.25, 0.3) is 0 Å². The van der Waals surface area contributed by atoms with E-state index in [4.69, 9.17) is 0 Å². The van der Waals surface area contributed by atoms with E-state index in [1.165, 1.54) is 0 Å². The molecule has 2 heteroatoms. The molecule has 0 spiro atoms. The minimum Gasteiger partial charge on any atom is -0.303 e. The Labute approximate surface area is 44.1 Å². The quantitative estimate of drug-likeness (QED) is 0.367. The zero-order chi connectivity index (χ0) is 5.70. The van der Waals surface area contributed by atoms with E-state index in [1.807, 2.05) is 14.1 Å². The first-order valence-electron chi connectivity index (χ1n) is 2.09. The van der Waals surface area contributed by atoms with Gasteiger partial charge in [0.05, 0.1) is 0 Å². The second-order valence-corrected chi connectivity index (χ2v) is 1.35. The molecule has 0 aromatic carbocycles. The molecular formula is C5H10N2. The lowest BCUT2D eigenvalue weighted by atomic mass is 10.7. The van der Waals surface area contributed by atoms with Crippen molar-refractivity contribution in [1.82, 2.24) is 5.01 Å². The van der Waals surface area contributed by atoms with Gasteiger partial charge in [-0.05, 0) is 6.08 Å². The normalized spacial score (nSPS) is 9.43. The lowest BCUT2D eigenvalue weighted by molar-refractivity contribution is 0.440. The van der Waals surface area contributed by atoms with Gasteiger partial charge >= 0.3 is 0 Å². The van der Waals surface area contributed by atoms with Crippen LogP contribution in [-0.4, -0.2) is 25.3 Å². The summed E-state index contributed by atoms with van der Waals surface area (Å²) in [5.41, 5.74) is 0. The monoisotopic (exact) mass is 98.1 g/mol. The predicted octanol–water partition coefficient (Wildman–Crippen LogP) is 0.720. The van der Waals surface area contributed by atoms with Crippen LogP contribution in [0.1, 0.15) is 0 Å². The van der Waals surface area contributed by atoms with E-state index in [2.05, 4.69) is 11.7 Å². The Morgan fingerprint density at radius 1 is 1.57 bits per heavy atom. The molecule has 0 aliphatic rings. The summed E-state index contributed by atoms with van der Waals surface area (Å²) < 4.78 is 0. The van der Waals surface area contributed by atoms with Crippen molar-refractivity contribution in [3.63, 3.8) is 0 Å². The van der Waals surface area contributed by atoms with Crippen LogP contribution < -0.4 is 0 Å². The predicted molar refractivity (Wildman–Crippen MR) is 32.4 cm³/mol. The lowest BCUT2D eigenvalue weighted by Gasteiger charge is -1.99. The van der Waals surface area contributed by atoms with Crippen molar-refractivity contribution in [2.75, 3.05) is 14.1 Å². The van der Waals surface area contributed by atoms with Crippen LogP contribution in [0.2, 0.25) is 0 Å². The van der Waals surface area contributed by atoms with Gasteiger partial charge in [0.15, 0.2) is 0 Å². The van der Waals surface area contributed by atoms with Gasteiger partial charge < -0.3 is 5.01 Å². The minimum atomic E-state index is 1.64. The molecule has 0 bridgehead atoms. The van der Waals surface area contributed by atoms with Crippen molar-refractivity contribution in [2.24, 2.45) is 5.10 Å². The van der Waals surface area contributed by atoms with Crippen LogP contribution in [-0.2, 0) is 0 Å². The largest absolute Gasteiger partial charge is 0.303 e.